The van der Waals surface area contributed by atoms with E-state index in [2.05, 4.69) is 13.5 Å². The molecule has 4 N–H and O–H groups in total. The molecular formula is C20H32O4. The number of rotatable bonds is 0. The molecule has 4 heteroatoms. The predicted molar refractivity (Wildman–Crippen MR) is 93.2 cm³/mol. The second-order valence-electron chi connectivity index (χ2n) is 9.18. The zero-order chi connectivity index (χ0) is 18.0. The highest BCUT2D eigenvalue weighted by molar-refractivity contribution is 5.33. The Morgan fingerprint density at radius 2 is 1.67 bits per heavy atom. The van der Waals surface area contributed by atoms with Gasteiger partial charge in [0.05, 0.1) is 24.4 Å². The Morgan fingerprint density at radius 1 is 1.04 bits per heavy atom. The van der Waals surface area contributed by atoms with Gasteiger partial charge in [-0.2, -0.15) is 0 Å². The van der Waals surface area contributed by atoms with E-state index in [9.17, 15) is 20.4 Å². The fourth-order valence-corrected chi connectivity index (χ4v) is 6.20. The molecule has 3 aliphatic rings. The molecule has 0 aromatic carbocycles. The van der Waals surface area contributed by atoms with Crippen LogP contribution in [0.2, 0.25) is 0 Å². The first-order valence-corrected chi connectivity index (χ1v) is 9.12. The van der Waals surface area contributed by atoms with E-state index in [1.165, 1.54) is 0 Å². The molecule has 136 valence electrons. The maximum atomic E-state index is 11.3. The zero-order valence-electron chi connectivity index (χ0n) is 15.3. The molecule has 0 aliphatic heterocycles. The summed E-state index contributed by atoms with van der Waals surface area (Å²) in [6, 6.07) is 0. The zero-order valence-corrected chi connectivity index (χ0v) is 15.3. The molecule has 0 spiro atoms. The lowest BCUT2D eigenvalue weighted by Gasteiger charge is -2.57. The van der Waals surface area contributed by atoms with Crippen molar-refractivity contribution in [1.82, 2.24) is 0 Å². The van der Waals surface area contributed by atoms with E-state index in [-0.39, 0.29) is 17.3 Å². The molecule has 0 aromatic rings. The Bertz CT molecular complexity index is 578. The first kappa shape index (κ1) is 18.1. The molecule has 3 rings (SSSR count). The molecule has 2 saturated carbocycles. The highest BCUT2D eigenvalue weighted by Gasteiger charge is 2.57. The predicted octanol–water partition coefficient (Wildman–Crippen LogP) is 2.17. The molecule has 7 atom stereocenters. The third kappa shape index (κ3) is 2.42. The van der Waals surface area contributed by atoms with E-state index in [0.717, 1.165) is 17.6 Å². The van der Waals surface area contributed by atoms with Gasteiger partial charge in [0.2, 0.25) is 0 Å². The van der Waals surface area contributed by atoms with Gasteiger partial charge in [-0.15, -0.1) is 0 Å². The van der Waals surface area contributed by atoms with Crippen LogP contribution in [0, 0.1) is 22.7 Å². The fourth-order valence-electron chi connectivity index (χ4n) is 6.20. The monoisotopic (exact) mass is 336 g/mol. The van der Waals surface area contributed by atoms with Crippen LogP contribution in [0.15, 0.2) is 23.3 Å². The average Bonchev–Trinajstić information content (AvgIpc) is 2.40. The maximum absolute atomic E-state index is 11.3. The summed E-state index contributed by atoms with van der Waals surface area (Å²) in [7, 11) is 0. The summed E-state index contributed by atoms with van der Waals surface area (Å²) in [6.07, 6.45) is -0.247. The van der Waals surface area contributed by atoms with Crippen LogP contribution in [0.3, 0.4) is 0 Å². The van der Waals surface area contributed by atoms with Crippen LogP contribution >= 0.6 is 0 Å². The number of hydrogen-bond acceptors (Lipinski definition) is 4. The van der Waals surface area contributed by atoms with Gasteiger partial charge in [0.1, 0.15) is 0 Å². The summed E-state index contributed by atoms with van der Waals surface area (Å²) < 4.78 is 0. The highest BCUT2D eigenvalue weighted by atomic mass is 16.3. The van der Waals surface area contributed by atoms with Gasteiger partial charge in [0, 0.05) is 11.8 Å². The van der Waals surface area contributed by atoms with Crippen LogP contribution in [0.1, 0.15) is 53.4 Å². The molecule has 0 saturated heterocycles. The van der Waals surface area contributed by atoms with Crippen LogP contribution in [0.5, 0.6) is 0 Å². The Kier molecular flexibility index (Phi) is 4.28. The number of aliphatic hydroxyl groups excluding tert-OH is 4. The van der Waals surface area contributed by atoms with Gasteiger partial charge in [-0.1, -0.05) is 32.9 Å². The van der Waals surface area contributed by atoms with Gasteiger partial charge in [-0.05, 0) is 54.6 Å². The Balaban J connectivity index is 2.17. The third-order valence-electron chi connectivity index (χ3n) is 7.19. The first-order chi connectivity index (χ1) is 11.0. The Hall–Kier alpha value is -0.680. The van der Waals surface area contributed by atoms with E-state index in [0.29, 0.717) is 24.8 Å². The summed E-state index contributed by atoms with van der Waals surface area (Å²) in [5.74, 6) is -0.688. The van der Waals surface area contributed by atoms with Crippen molar-refractivity contribution >= 4 is 0 Å². The molecule has 0 amide bonds. The minimum atomic E-state index is -0.780. The summed E-state index contributed by atoms with van der Waals surface area (Å²) >= 11 is 0. The van der Waals surface area contributed by atoms with Crippen LogP contribution in [-0.4, -0.2) is 44.8 Å². The standard InChI is InChI=1S/C20H32O4/c1-10-8-13(22)17-18(24)16-11(2)12(21)6-7-20(16,5)9-14(23)15(10)19(17,3)4/h12-14,16-18,21-24H,2,6-9H2,1,3-5H3/t12-,13-,14-,16-,17-,18-,20-/m0/s1. The van der Waals surface area contributed by atoms with E-state index >= 15 is 0 Å². The normalized spacial score (nSPS) is 48.6. The van der Waals surface area contributed by atoms with Crippen LogP contribution < -0.4 is 0 Å². The highest BCUT2D eigenvalue weighted by Crippen LogP contribution is 2.58. The van der Waals surface area contributed by atoms with Crippen molar-refractivity contribution in [3.05, 3.63) is 23.3 Å². The van der Waals surface area contributed by atoms with E-state index < -0.39 is 29.8 Å². The minimum absolute atomic E-state index is 0.310. The SMILES string of the molecule is C=C1[C@@H](O)CC[C@@]2(C)C[C@H](O)C3=C(C)C[C@H](O)[C@@H]([C@@H](O)[C@H]12)C3(C)C. The number of aliphatic hydroxyl groups is 4. The van der Waals surface area contributed by atoms with Crippen molar-refractivity contribution < 1.29 is 20.4 Å². The molecule has 0 heterocycles. The largest absolute Gasteiger partial charge is 0.392 e. The van der Waals surface area contributed by atoms with Crippen molar-refractivity contribution in [1.29, 1.82) is 0 Å². The lowest BCUT2D eigenvalue weighted by molar-refractivity contribution is -0.123. The Labute approximate surface area is 144 Å². The second kappa shape index (κ2) is 5.66. The number of hydrogen-bond donors (Lipinski definition) is 4. The van der Waals surface area contributed by atoms with Crippen molar-refractivity contribution in [3.8, 4) is 0 Å². The van der Waals surface area contributed by atoms with Crippen molar-refractivity contribution in [2.45, 2.75) is 77.8 Å². The molecule has 0 unspecified atom stereocenters. The van der Waals surface area contributed by atoms with Crippen molar-refractivity contribution in [2.75, 3.05) is 0 Å². The quantitative estimate of drug-likeness (QED) is 0.511. The van der Waals surface area contributed by atoms with Crippen molar-refractivity contribution in [2.24, 2.45) is 22.7 Å². The van der Waals surface area contributed by atoms with Gasteiger partial charge in [-0.3, -0.25) is 0 Å². The summed E-state index contributed by atoms with van der Waals surface area (Å²) in [5, 5.41) is 43.4. The second-order valence-corrected chi connectivity index (χ2v) is 9.18. The maximum Gasteiger partial charge on any atom is 0.0763 e. The summed E-state index contributed by atoms with van der Waals surface area (Å²) in [5.41, 5.74) is 1.85. The van der Waals surface area contributed by atoms with Gasteiger partial charge in [0.15, 0.2) is 0 Å². The first-order valence-electron chi connectivity index (χ1n) is 9.12. The molecule has 2 fully saturated rings. The third-order valence-corrected chi connectivity index (χ3v) is 7.19. The smallest absolute Gasteiger partial charge is 0.0763 e. The molecular weight excluding hydrogens is 304 g/mol. The van der Waals surface area contributed by atoms with Crippen LogP contribution in [0.4, 0.5) is 0 Å². The van der Waals surface area contributed by atoms with Gasteiger partial charge in [-0.25, -0.2) is 0 Å². The summed E-state index contributed by atoms with van der Waals surface area (Å²) in [6.45, 7) is 12.2. The summed E-state index contributed by atoms with van der Waals surface area (Å²) in [4.78, 5) is 0. The van der Waals surface area contributed by atoms with Crippen LogP contribution in [-0.2, 0) is 0 Å². The molecule has 0 radical (unpaired) electrons. The van der Waals surface area contributed by atoms with Crippen LogP contribution in [0.25, 0.3) is 0 Å². The Morgan fingerprint density at radius 3 is 2.29 bits per heavy atom. The molecule has 2 bridgehead atoms. The van der Waals surface area contributed by atoms with Gasteiger partial charge >= 0.3 is 0 Å². The van der Waals surface area contributed by atoms with Crippen molar-refractivity contribution in [3.63, 3.8) is 0 Å². The lowest BCUT2D eigenvalue weighted by Crippen LogP contribution is -2.58. The number of fused-ring (bicyclic) bond motifs is 3. The minimum Gasteiger partial charge on any atom is -0.392 e. The fraction of sp³-hybridized carbons (Fsp3) is 0.800. The van der Waals surface area contributed by atoms with Gasteiger partial charge in [0.25, 0.3) is 0 Å². The van der Waals surface area contributed by atoms with Gasteiger partial charge < -0.3 is 20.4 Å². The molecule has 24 heavy (non-hydrogen) atoms. The average molecular weight is 336 g/mol. The van der Waals surface area contributed by atoms with E-state index in [4.69, 9.17) is 0 Å². The molecule has 0 aromatic heterocycles. The van der Waals surface area contributed by atoms with E-state index in [1.54, 1.807) is 0 Å². The topological polar surface area (TPSA) is 80.9 Å². The van der Waals surface area contributed by atoms with E-state index in [1.807, 2.05) is 20.8 Å². The molecule has 3 aliphatic carbocycles. The lowest BCUT2D eigenvalue weighted by atomic mass is 9.50. The molecule has 4 nitrogen and oxygen atoms in total.